The Labute approximate surface area is 104 Å². The fraction of sp³-hybridized carbons (Fsp3) is 0.231. The number of rotatable bonds is 4. The Hall–Kier alpha value is -2.30. The molecule has 0 fully saturated rings. The summed E-state index contributed by atoms with van der Waals surface area (Å²) in [5.41, 5.74) is 1.04. The Morgan fingerprint density at radius 1 is 1.33 bits per heavy atom. The molecule has 2 aromatic rings. The number of nitrogens with one attached hydrogen (secondary N) is 1. The van der Waals surface area contributed by atoms with Crippen LogP contribution in [0.5, 0.6) is 0 Å². The van der Waals surface area contributed by atoms with E-state index in [0.29, 0.717) is 6.54 Å². The number of carbonyl (C=O) groups is 2. The van der Waals surface area contributed by atoms with Crippen LogP contribution in [0.3, 0.4) is 0 Å². The molecule has 0 saturated heterocycles. The lowest BCUT2D eigenvalue weighted by Gasteiger charge is -2.07. The lowest BCUT2D eigenvalue weighted by molar-refractivity contribution is -0.120. The van der Waals surface area contributed by atoms with Gasteiger partial charge >= 0.3 is 5.97 Å². The van der Waals surface area contributed by atoms with E-state index in [9.17, 15) is 9.59 Å². The van der Waals surface area contributed by atoms with Gasteiger partial charge in [-0.25, -0.2) is 4.79 Å². The summed E-state index contributed by atoms with van der Waals surface area (Å²) in [4.78, 5) is 22.4. The highest BCUT2D eigenvalue weighted by atomic mass is 16.4. The second kappa shape index (κ2) is 4.91. The van der Waals surface area contributed by atoms with Crippen molar-refractivity contribution in [2.45, 2.75) is 13.0 Å². The molecule has 0 bridgehead atoms. The van der Waals surface area contributed by atoms with Gasteiger partial charge in [0.1, 0.15) is 5.69 Å². The van der Waals surface area contributed by atoms with Crippen molar-refractivity contribution in [3.8, 4) is 0 Å². The maximum atomic E-state index is 11.3. The van der Waals surface area contributed by atoms with Gasteiger partial charge in [0, 0.05) is 30.9 Å². The number of carbonyl (C=O) groups excluding carboxylic acids is 1. The summed E-state index contributed by atoms with van der Waals surface area (Å²) in [6.45, 7) is 0.356. The fourth-order valence-electron chi connectivity index (χ4n) is 1.97. The van der Waals surface area contributed by atoms with Crippen molar-refractivity contribution in [2.24, 2.45) is 0 Å². The first-order valence-corrected chi connectivity index (χ1v) is 5.65. The predicted molar refractivity (Wildman–Crippen MR) is 67.6 cm³/mol. The standard InChI is InChI=1S/C13H14N2O3/c1-14-12(16)6-7-15-10-5-3-2-4-9(10)8-11(15)13(17)18/h2-5,8H,6-7H2,1H3,(H,14,16)(H,17,18). The monoisotopic (exact) mass is 246 g/mol. The number of aromatic nitrogens is 1. The third-order valence-corrected chi connectivity index (χ3v) is 2.87. The minimum absolute atomic E-state index is 0.107. The zero-order valence-electron chi connectivity index (χ0n) is 10.0. The van der Waals surface area contributed by atoms with Crippen LogP contribution < -0.4 is 5.32 Å². The first kappa shape index (κ1) is 12.2. The number of aryl methyl sites for hydroxylation is 1. The van der Waals surface area contributed by atoms with Crippen LogP contribution in [0.2, 0.25) is 0 Å². The molecule has 1 heterocycles. The molecule has 0 spiro atoms. The van der Waals surface area contributed by atoms with E-state index in [-0.39, 0.29) is 18.0 Å². The highest BCUT2D eigenvalue weighted by molar-refractivity contribution is 5.94. The van der Waals surface area contributed by atoms with Crippen molar-refractivity contribution in [2.75, 3.05) is 7.05 Å². The smallest absolute Gasteiger partial charge is 0.352 e. The molecule has 18 heavy (non-hydrogen) atoms. The molecule has 1 amide bonds. The average Bonchev–Trinajstić information content (AvgIpc) is 2.75. The van der Waals surface area contributed by atoms with Crippen molar-refractivity contribution in [1.82, 2.24) is 9.88 Å². The third-order valence-electron chi connectivity index (χ3n) is 2.87. The number of amides is 1. The van der Waals surface area contributed by atoms with Crippen LogP contribution in [0.25, 0.3) is 10.9 Å². The lowest BCUT2D eigenvalue weighted by Crippen LogP contribution is -2.20. The molecule has 0 unspecified atom stereocenters. The highest BCUT2D eigenvalue weighted by Gasteiger charge is 2.14. The van der Waals surface area contributed by atoms with Crippen molar-refractivity contribution in [3.63, 3.8) is 0 Å². The predicted octanol–water partition coefficient (Wildman–Crippen LogP) is 1.48. The van der Waals surface area contributed by atoms with Gasteiger partial charge in [-0.1, -0.05) is 18.2 Å². The Morgan fingerprint density at radius 2 is 2.06 bits per heavy atom. The Balaban J connectivity index is 2.42. The van der Waals surface area contributed by atoms with Gasteiger partial charge in [0.05, 0.1) is 0 Å². The molecule has 1 aromatic heterocycles. The van der Waals surface area contributed by atoms with Gasteiger partial charge in [0.25, 0.3) is 0 Å². The zero-order valence-corrected chi connectivity index (χ0v) is 10.0. The number of carboxylic acids is 1. The maximum absolute atomic E-state index is 11.3. The molecule has 0 saturated carbocycles. The molecule has 0 aliphatic heterocycles. The van der Waals surface area contributed by atoms with Crippen molar-refractivity contribution >= 4 is 22.8 Å². The van der Waals surface area contributed by atoms with E-state index < -0.39 is 5.97 Å². The molecule has 5 heteroatoms. The first-order valence-electron chi connectivity index (χ1n) is 5.65. The second-order valence-corrected chi connectivity index (χ2v) is 3.97. The number of hydrogen-bond acceptors (Lipinski definition) is 2. The van der Waals surface area contributed by atoms with Crippen LogP contribution in [-0.2, 0) is 11.3 Å². The normalized spacial score (nSPS) is 10.5. The third kappa shape index (κ3) is 2.20. The molecule has 5 nitrogen and oxygen atoms in total. The summed E-state index contributed by atoms with van der Waals surface area (Å²) in [7, 11) is 1.56. The van der Waals surface area contributed by atoms with Crippen LogP contribution in [0.15, 0.2) is 30.3 Å². The lowest BCUT2D eigenvalue weighted by atomic mass is 10.2. The minimum atomic E-state index is -0.983. The zero-order chi connectivity index (χ0) is 13.1. The number of fused-ring (bicyclic) bond motifs is 1. The summed E-state index contributed by atoms with van der Waals surface area (Å²) >= 11 is 0. The van der Waals surface area contributed by atoms with Crippen LogP contribution in [-0.4, -0.2) is 28.6 Å². The molecule has 1 aromatic carbocycles. The van der Waals surface area contributed by atoms with E-state index in [2.05, 4.69) is 5.32 Å². The minimum Gasteiger partial charge on any atom is -0.477 e. The molecule has 0 atom stereocenters. The average molecular weight is 246 g/mol. The first-order chi connectivity index (χ1) is 8.63. The largest absolute Gasteiger partial charge is 0.477 e. The van der Waals surface area contributed by atoms with Crippen LogP contribution in [0.1, 0.15) is 16.9 Å². The van der Waals surface area contributed by atoms with Crippen molar-refractivity contribution in [1.29, 1.82) is 0 Å². The number of carboxylic acid groups (broad SMARTS) is 1. The van der Waals surface area contributed by atoms with E-state index in [1.54, 1.807) is 17.7 Å². The van der Waals surface area contributed by atoms with E-state index in [1.807, 2.05) is 24.3 Å². The topological polar surface area (TPSA) is 71.3 Å². The summed E-state index contributed by atoms with van der Waals surface area (Å²) < 4.78 is 1.66. The number of hydrogen-bond donors (Lipinski definition) is 2. The van der Waals surface area contributed by atoms with Crippen molar-refractivity contribution in [3.05, 3.63) is 36.0 Å². The summed E-state index contributed by atoms with van der Waals surface area (Å²) in [6, 6.07) is 9.05. The van der Waals surface area contributed by atoms with Crippen LogP contribution in [0.4, 0.5) is 0 Å². The molecule has 2 rings (SSSR count). The quantitative estimate of drug-likeness (QED) is 0.858. The molecule has 0 radical (unpaired) electrons. The number of aromatic carboxylic acids is 1. The van der Waals surface area contributed by atoms with Crippen LogP contribution >= 0.6 is 0 Å². The van der Waals surface area contributed by atoms with Gasteiger partial charge in [-0.3, -0.25) is 4.79 Å². The van der Waals surface area contributed by atoms with Crippen LogP contribution in [0, 0.1) is 0 Å². The Kier molecular flexibility index (Phi) is 3.32. The molecular weight excluding hydrogens is 232 g/mol. The number of benzene rings is 1. The maximum Gasteiger partial charge on any atom is 0.352 e. The summed E-state index contributed by atoms with van der Waals surface area (Å²) in [6.07, 6.45) is 0.259. The number of para-hydroxylation sites is 1. The molecule has 2 N–H and O–H groups in total. The van der Waals surface area contributed by atoms with Gasteiger partial charge in [-0.2, -0.15) is 0 Å². The van der Waals surface area contributed by atoms with E-state index in [1.165, 1.54) is 0 Å². The fourth-order valence-corrected chi connectivity index (χ4v) is 1.97. The highest BCUT2D eigenvalue weighted by Crippen LogP contribution is 2.20. The van der Waals surface area contributed by atoms with E-state index in [4.69, 9.17) is 5.11 Å². The van der Waals surface area contributed by atoms with Gasteiger partial charge in [0.2, 0.25) is 5.91 Å². The molecular formula is C13H14N2O3. The van der Waals surface area contributed by atoms with E-state index in [0.717, 1.165) is 10.9 Å². The van der Waals surface area contributed by atoms with Gasteiger partial charge in [0.15, 0.2) is 0 Å². The number of nitrogens with zero attached hydrogens (tertiary/aromatic N) is 1. The SMILES string of the molecule is CNC(=O)CCn1c(C(=O)O)cc2ccccc21. The van der Waals surface area contributed by atoms with Gasteiger partial charge in [-0.05, 0) is 12.1 Å². The summed E-state index contributed by atoms with van der Waals surface area (Å²) in [5.74, 6) is -1.09. The summed E-state index contributed by atoms with van der Waals surface area (Å²) in [5, 5.41) is 12.6. The van der Waals surface area contributed by atoms with E-state index >= 15 is 0 Å². The van der Waals surface area contributed by atoms with Crippen molar-refractivity contribution < 1.29 is 14.7 Å². The van der Waals surface area contributed by atoms with Gasteiger partial charge < -0.3 is 15.0 Å². The second-order valence-electron chi connectivity index (χ2n) is 3.97. The van der Waals surface area contributed by atoms with Gasteiger partial charge in [-0.15, -0.1) is 0 Å². The molecule has 94 valence electrons. The Bertz CT molecular complexity index is 601. The molecule has 0 aliphatic carbocycles. The molecule has 0 aliphatic rings. The Morgan fingerprint density at radius 3 is 2.72 bits per heavy atom.